The third kappa shape index (κ3) is 3.90. The number of aliphatic hydroxyl groups excluding tert-OH is 1. The Morgan fingerprint density at radius 3 is 2.52 bits per heavy atom. The molecule has 0 aliphatic carbocycles. The Morgan fingerprint density at radius 1 is 1.22 bits per heavy atom. The summed E-state index contributed by atoms with van der Waals surface area (Å²) in [7, 11) is -3.88. The van der Waals surface area contributed by atoms with Gasteiger partial charge in [-0.1, -0.05) is 17.7 Å². The molecule has 2 aliphatic heterocycles. The second-order valence-corrected chi connectivity index (χ2v) is 7.29. The van der Waals surface area contributed by atoms with Crippen LogP contribution in [0.25, 0.3) is 0 Å². The molecule has 7 nitrogen and oxygen atoms in total. The maximum atomic E-state index is 12.1. The van der Waals surface area contributed by atoms with Crippen LogP contribution in [0.3, 0.4) is 0 Å². The molecule has 0 aromatic heterocycles. The van der Waals surface area contributed by atoms with Crippen molar-refractivity contribution in [1.29, 1.82) is 0 Å². The van der Waals surface area contributed by atoms with Gasteiger partial charge in [-0.05, 0) is 19.1 Å². The number of ether oxygens (including phenoxy) is 3. The number of aryl methyl sites for hydroxylation is 1. The molecular weight excluding hydrogens is 324 g/mol. The molecule has 3 rings (SSSR count). The summed E-state index contributed by atoms with van der Waals surface area (Å²) in [5.74, 6) is 0. The lowest BCUT2D eigenvalue weighted by atomic mass is 10.1. The molecule has 2 aliphatic rings. The van der Waals surface area contributed by atoms with Gasteiger partial charge in [0, 0.05) is 6.42 Å². The van der Waals surface area contributed by atoms with Crippen LogP contribution in [-0.2, 0) is 28.5 Å². The minimum atomic E-state index is -3.88. The van der Waals surface area contributed by atoms with Crippen molar-refractivity contribution in [3.8, 4) is 0 Å². The van der Waals surface area contributed by atoms with Gasteiger partial charge in [-0.3, -0.25) is 4.18 Å². The average Bonchev–Trinajstić information content (AvgIpc) is 3.15. The van der Waals surface area contributed by atoms with Crippen LogP contribution in [0, 0.1) is 6.92 Å². The van der Waals surface area contributed by atoms with Crippen LogP contribution < -0.4 is 0 Å². The molecule has 2 saturated heterocycles. The highest BCUT2D eigenvalue weighted by Gasteiger charge is 2.41. The van der Waals surface area contributed by atoms with Crippen LogP contribution in [0.1, 0.15) is 12.0 Å². The first-order valence-electron chi connectivity index (χ1n) is 7.48. The Kier molecular flexibility index (Phi) is 5.00. The second-order valence-electron chi connectivity index (χ2n) is 5.68. The lowest BCUT2D eigenvalue weighted by Gasteiger charge is -2.18. The minimum absolute atomic E-state index is 0.0783. The van der Waals surface area contributed by atoms with Crippen molar-refractivity contribution in [2.24, 2.45) is 0 Å². The first-order valence-corrected chi connectivity index (χ1v) is 8.89. The van der Waals surface area contributed by atoms with Gasteiger partial charge in [-0.25, -0.2) is 0 Å². The van der Waals surface area contributed by atoms with Crippen molar-refractivity contribution in [2.45, 2.75) is 42.8 Å². The van der Waals surface area contributed by atoms with Gasteiger partial charge in [-0.15, -0.1) is 0 Å². The molecule has 3 atom stereocenters. The fraction of sp³-hybridized carbons (Fsp3) is 0.600. The molecule has 8 heteroatoms. The molecule has 2 heterocycles. The lowest BCUT2D eigenvalue weighted by molar-refractivity contribution is -0.142. The van der Waals surface area contributed by atoms with Gasteiger partial charge in [0.1, 0.15) is 12.2 Å². The summed E-state index contributed by atoms with van der Waals surface area (Å²) < 4.78 is 45.6. The maximum Gasteiger partial charge on any atom is 0.297 e. The SMILES string of the molecule is Cc1ccc(S(=O)(=O)OC[C@@H]2OC(C3OCCO3)C[C@@H]2O)cc1. The third-order valence-corrected chi connectivity index (χ3v) is 5.20. The summed E-state index contributed by atoms with van der Waals surface area (Å²) in [4.78, 5) is 0.0783. The average molecular weight is 344 g/mol. The van der Waals surface area contributed by atoms with Crippen molar-refractivity contribution in [3.63, 3.8) is 0 Å². The van der Waals surface area contributed by atoms with Gasteiger partial charge < -0.3 is 19.3 Å². The molecule has 128 valence electrons. The summed E-state index contributed by atoms with van der Waals surface area (Å²) in [5, 5.41) is 10.0. The van der Waals surface area contributed by atoms with E-state index in [0.29, 0.717) is 19.6 Å². The summed E-state index contributed by atoms with van der Waals surface area (Å²) in [6.07, 6.45) is -2.15. The molecule has 2 fully saturated rings. The van der Waals surface area contributed by atoms with Crippen molar-refractivity contribution in [1.82, 2.24) is 0 Å². The molecule has 0 bridgehead atoms. The molecule has 1 unspecified atom stereocenters. The Morgan fingerprint density at radius 2 is 1.87 bits per heavy atom. The van der Waals surface area contributed by atoms with Gasteiger partial charge in [0.25, 0.3) is 10.1 Å². The predicted molar refractivity (Wildman–Crippen MR) is 79.3 cm³/mol. The Hall–Kier alpha value is -1.03. The topological polar surface area (TPSA) is 91.3 Å². The fourth-order valence-electron chi connectivity index (χ4n) is 2.61. The zero-order valence-electron chi connectivity index (χ0n) is 12.8. The van der Waals surface area contributed by atoms with Crippen molar-refractivity contribution in [2.75, 3.05) is 19.8 Å². The van der Waals surface area contributed by atoms with E-state index in [1.165, 1.54) is 12.1 Å². The standard InChI is InChI=1S/C15H20O7S/c1-10-2-4-11(5-3-10)23(17,18)21-9-14-12(16)8-13(22-14)15-19-6-7-20-15/h2-5,12-16H,6-9H2,1H3/t12-,13?,14-/m0/s1. The fourth-order valence-corrected chi connectivity index (χ4v) is 3.53. The van der Waals surface area contributed by atoms with E-state index in [1.54, 1.807) is 12.1 Å². The quantitative estimate of drug-likeness (QED) is 0.782. The molecule has 1 N–H and O–H groups in total. The van der Waals surface area contributed by atoms with Crippen LogP contribution >= 0.6 is 0 Å². The molecule has 23 heavy (non-hydrogen) atoms. The van der Waals surface area contributed by atoms with Gasteiger partial charge >= 0.3 is 0 Å². The lowest BCUT2D eigenvalue weighted by Crippen LogP contribution is -2.30. The van der Waals surface area contributed by atoms with E-state index in [0.717, 1.165) is 5.56 Å². The highest BCUT2D eigenvalue weighted by atomic mass is 32.2. The molecular formula is C15H20O7S. The number of aliphatic hydroxyl groups is 1. The number of hydrogen-bond acceptors (Lipinski definition) is 7. The molecule has 0 spiro atoms. The Balaban J connectivity index is 1.58. The molecule has 0 radical (unpaired) electrons. The van der Waals surface area contributed by atoms with Crippen molar-refractivity contribution < 1.29 is 31.9 Å². The largest absolute Gasteiger partial charge is 0.390 e. The molecule has 0 saturated carbocycles. The van der Waals surface area contributed by atoms with Gasteiger partial charge in [0.2, 0.25) is 0 Å². The summed E-state index contributed by atoms with van der Waals surface area (Å²) in [6.45, 7) is 2.60. The Bertz CT molecular complexity index is 622. The van der Waals surface area contributed by atoms with Crippen LogP contribution in [0.4, 0.5) is 0 Å². The van der Waals surface area contributed by atoms with Crippen LogP contribution in [-0.4, -0.2) is 57.9 Å². The molecule has 0 amide bonds. The summed E-state index contributed by atoms with van der Waals surface area (Å²) in [5.41, 5.74) is 0.956. The third-order valence-electron chi connectivity index (χ3n) is 3.90. The van der Waals surface area contributed by atoms with E-state index in [9.17, 15) is 13.5 Å². The smallest absolute Gasteiger partial charge is 0.297 e. The van der Waals surface area contributed by atoms with Gasteiger partial charge in [0.05, 0.1) is 30.8 Å². The normalized spacial score (nSPS) is 29.2. The van der Waals surface area contributed by atoms with Gasteiger partial charge in [-0.2, -0.15) is 8.42 Å². The number of rotatable bonds is 5. The van der Waals surface area contributed by atoms with Crippen molar-refractivity contribution >= 4 is 10.1 Å². The predicted octanol–water partition coefficient (Wildman–Crippen LogP) is 0.592. The van der Waals surface area contributed by atoms with E-state index in [1.807, 2.05) is 6.92 Å². The van der Waals surface area contributed by atoms with Crippen molar-refractivity contribution in [3.05, 3.63) is 29.8 Å². The second kappa shape index (κ2) is 6.84. The van der Waals surface area contributed by atoms with Crippen LogP contribution in [0.5, 0.6) is 0 Å². The van der Waals surface area contributed by atoms with E-state index in [4.69, 9.17) is 18.4 Å². The van der Waals surface area contributed by atoms with E-state index < -0.39 is 34.7 Å². The van der Waals surface area contributed by atoms with Crippen LogP contribution in [0.2, 0.25) is 0 Å². The summed E-state index contributed by atoms with van der Waals surface area (Å²) >= 11 is 0. The molecule has 1 aromatic carbocycles. The van der Waals surface area contributed by atoms with Crippen LogP contribution in [0.15, 0.2) is 29.2 Å². The zero-order chi connectivity index (χ0) is 16.4. The molecule has 1 aromatic rings. The Labute approximate surface area is 135 Å². The van der Waals surface area contributed by atoms with E-state index in [2.05, 4.69) is 0 Å². The van der Waals surface area contributed by atoms with Gasteiger partial charge in [0.15, 0.2) is 6.29 Å². The highest BCUT2D eigenvalue weighted by molar-refractivity contribution is 7.86. The minimum Gasteiger partial charge on any atom is -0.390 e. The number of benzene rings is 1. The monoisotopic (exact) mass is 344 g/mol. The maximum absolute atomic E-state index is 12.1. The zero-order valence-corrected chi connectivity index (χ0v) is 13.6. The highest BCUT2D eigenvalue weighted by Crippen LogP contribution is 2.27. The van der Waals surface area contributed by atoms with E-state index in [-0.39, 0.29) is 11.5 Å². The van der Waals surface area contributed by atoms with E-state index >= 15 is 0 Å². The first kappa shape index (κ1) is 16.8. The number of hydrogen-bond donors (Lipinski definition) is 1. The summed E-state index contributed by atoms with van der Waals surface area (Å²) in [6, 6.07) is 6.36. The first-order chi connectivity index (χ1) is 11.0.